The van der Waals surface area contributed by atoms with Crippen LogP contribution in [-0.4, -0.2) is 37.8 Å². The molecular weight excluding hydrogens is 359 g/mol. The van der Waals surface area contributed by atoms with Crippen molar-refractivity contribution in [3.63, 3.8) is 0 Å². The van der Waals surface area contributed by atoms with Gasteiger partial charge in [-0.1, -0.05) is 12.1 Å². The summed E-state index contributed by atoms with van der Waals surface area (Å²) in [6.45, 7) is 2.13. The molecule has 1 fully saturated rings. The van der Waals surface area contributed by atoms with Crippen LogP contribution in [0, 0.1) is 5.82 Å². The van der Waals surface area contributed by atoms with E-state index in [1.807, 2.05) is 0 Å². The number of nitrogens with one attached hydrogen (secondary N) is 1. The lowest BCUT2D eigenvalue weighted by atomic mass is 10.2. The van der Waals surface area contributed by atoms with Gasteiger partial charge in [0.25, 0.3) is 0 Å². The average molecular weight is 378 g/mol. The molecule has 0 saturated carbocycles. The van der Waals surface area contributed by atoms with E-state index < -0.39 is 10.0 Å². The average Bonchev–Trinajstić information content (AvgIpc) is 2.53. The van der Waals surface area contributed by atoms with Crippen LogP contribution >= 0.6 is 0 Å². The standard InChI is InChI=1S/C18H19FN2O4S/c1-13(22)20-16-5-7-18(8-6-16)26(23,24)21-10-17(11-21)25-12-14-3-2-4-15(19)9-14/h2-9,17H,10-12H2,1H3,(H,20,22). The molecule has 1 N–H and O–H groups in total. The minimum Gasteiger partial charge on any atom is -0.371 e. The van der Waals surface area contributed by atoms with E-state index in [-0.39, 0.29) is 42.4 Å². The first-order valence-corrected chi connectivity index (χ1v) is 9.52. The van der Waals surface area contributed by atoms with Gasteiger partial charge in [0.1, 0.15) is 5.82 Å². The molecule has 1 aliphatic rings. The number of ether oxygens (including phenoxy) is 1. The van der Waals surface area contributed by atoms with E-state index in [9.17, 15) is 17.6 Å². The van der Waals surface area contributed by atoms with Gasteiger partial charge in [0.15, 0.2) is 0 Å². The molecule has 2 aromatic rings. The monoisotopic (exact) mass is 378 g/mol. The lowest BCUT2D eigenvalue weighted by molar-refractivity contribution is -0.114. The van der Waals surface area contributed by atoms with Crippen LogP contribution < -0.4 is 5.32 Å². The number of benzene rings is 2. The maximum Gasteiger partial charge on any atom is 0.243 e. The number of hydrogen-bond acceptors (Lipinski definition) is 4. The Labute approximate surface area is 151 Å². The fourth-order valence-electron chi connectivity index (χ4n) is 2.61. The Morgan fingerprint density at radius 3 is 2.54 bits per heavy atom. The third-order valence-corrected chi connectivity index (χ3v) is 5.85. The number of halogens is 1. The number of nitrogens with zero attached hydrogens (tertiary/aromatic N) is 1. The third kappa shape index (κ3) is 4.27. The SMILES string of the molecule is CC(=O)Nc1ccc(S(=O)(=O)N2CC(OCc3cccc(F)c3)C2)cc1. The molecule has 138 valence electrons. The highest BCUT2D eigenvalue weighted by Gasteiger charge is 2.37. The summed E-state index contributed by atoms with van der Waals surface area (Å²) in [5.41, 5.74) is 1.25. The Hall–Kier alpha value is -2.29. The van der Waals surface area contributed by atoms with Gasteiger partial charge in [0.05, 0.1) is 17.6 Å². The Morgan fingerprint density at radius 2 is 1.92 bits per heavy atom. The molecule has 1 amide bonds. The number of anilines is 1. The predicted molar refractivity (Wildman–Crippen MR) is 94.5 cm³/mol. The van der Waals surface area contributed by atoms with E-state index in [0.717, 1.165) is 0 Å². The maximum atomic E-state index is 13.1. The van der Waals surface area contributed by atoms with Gasteiger partial charge in [-0.05, 0) is 42.0 Å². The highest BCUT2D eigenvalue weighted by atomic mass is 32.2. The van der Waals surface area contributed by atoms with Gasteiger partial charge in [-0.25, -0.2) is 12.8 Å². The van der Waals surface area contributed by atoms with E-state index in [1.54, 1.807) is 24.3 Å². The quantitative estimate of drug-likeness (QED) is 0.837. The molecule has 0 atom stereocenters. The maximum absolute atomic E-state index is 13.1. The van der Waals surface area contributed by atoms with Crippen LogP contribution in [0.5, 0.6) is 0 Å². The van der Waals surface area contributed by atoms with Gasteiger partial charge >= 0.3 is 0 Å². The number of rotatable bonds is 6. The summed E-state index contributed by atoms with van der Waals surface area (Å²) in [5, 5.41) is 2.59. The molecule has 0 unspecified atom stereocenters. The van der Waals surface area contributed by atoms with Crippen molar-refractivity contribution in [1.29, 1.82) is 0 Å². The molecule has 6 nitrogen and oxygen atoms in total. The smallest absolute Gasteiger partial charge is 0.243 e. The third-order valence-electron chi connectivity index (χ3n) is 4.00. The Morgan fingerprint density at radius 1 is 1.23 bits per heavy atom. The van der Waals surface area contributed by atoms with Crippen molar-refractivity contribution < 1.29 is 22.3 Å². The van der Waals surface area contributed by atoms with Crippen LogP contribution in [-0.2, 0) is 26.2 Å². The highest BCUT2D eigenvalue weighted by Crippen LogP contribution is 2.25. The molecule has 1 aliphatic heterocycles. The zero-order valence-electron chi connectivity index (χ0n) is 14.2. The van der Waals surface area contributed by atoms with Crippen LogP contribution in [0.4, 0.5) is 10.1 Å². The molecule has 0 aromatic heterocycles. The number of sulfonamides is 1. The second-order valence-corrected chi connectivity index (χ2v) is 8.03. The molecule has 1 heterocycles. The molecule has 26 heavy (non-hydrogen) atoms. The van der Waals surface area contributed by atoms with Gasteiger partial charge in [-0.2, -0.15) is 4.31 Å². The second-order valence-electron chi connectivity index (χ2n) is 6.09. The lowest BCUT2D eigenvalue weighted by Gasteiger charge is -2.37. The Balaban J connectivity index is 1.54. The second kappa shape index (κ2) is 7.53. The zero-order chi connectivity index (χ0) is 18.7. The molecular formula is C18H19FN2O4S. The zero-order valence-corrected chi connectivity index (χ0v) is 15.0. The summed E-state index contributed by atoms with van der Waals surface area (Å²) in [6, 6.07) is 12.1. The number of hydrogen-bond donors (Lipinski definition) is 1. The highest BCUT2D eigenvalue weighted by molar-refractivity contribution is 7.89. The van der Waals surface area contributed by atoms with Crippen molar-refractivity contribution >= 4 is 21.6 Å². The minimum absolute atomic E-state index is 0.162. The van der Waals surface area contributed by atoms with Crippen molar-refractivity contribution in [2.45, 2.75) is 24.5 Å². The van der Waals surface area contributed by atoms with E-state index >= 15 is 0 Å². The van der Waals surface area contributed by atoms with Crippen molar-refractivity contribution in [1.82, 2.24) is 4.31 Å². The summed E-state index contributed by atoms with van der Waals surface area (Å²) in [4.78, 5) is 11.2. The molecule has 3 rings (SSSR count). The van der Waals surface area contributed by atoms with Crippen LogP contribution in [0.2, 0.25) is 0 Å². The summed E-state index contributed by atoms with van der Waals surface area (Å²) in [6.07, 6.45) is -0.216. The van der Waals surface area contributed by atoms with E-state index in [4.69, 9.17) is 4.74 Å². The number of carbonyl (C=O) groups is 1. The Kier molecular flexibility index (Phi) is 5.36. The number of amides is 1. The summed E-state index contributed by atoms with van der Waals surface area (Å²) in [5.74, 6) is -0.548. The van der Waals surface area contributed by atoms with E-state index in [1.165, 1.54) is 35.5 Å². The first-order chi connectivity index (χ1) is 12.3. The molecule has 0 aliphatic carbocycles. The van der Waals surface area contributed by atoms with E-state index in [2.05, 4.69) is 5.32 Å². The minimum atomic E-state index is -3.59. The van der Waals surface area contributed by atoms with Gasteiger partial charge in [0, 0.05) is 25.7 Å². The van der Waals surface area contributed by atoms with Crippen molar-refractivity contribution in [3.05, 3.63) is 59.9 Å². The molecule has 0 spiro atoms. The van der Waals surface area contributed by atoms with Crippen LogP contribution in [0.3, 0.4) is 0 Å². The van der Waals surface area contributed by atoms with Crippen molar-refractivity contribution in [3.8, 4) is 0 Å². The molecule has 0 radical (unpaired) electrons. The normalized spacial score (nSPS) is 15.5. The van der Waals surface area contributed by atoms with Crippen molar-refractivity contribution in [2.24, 2.45) is 0 Å². The first-order valence-electron chi connectivity index (χ1n) is 8.08. The van der Waals surface area contributed by atoms with Gasteiger partial charge in [-0.15, -0.1) is 0 Å². The topological polar surface area (TPSA) is 75.7 Å². The van der Waals surface area contributed by atoms with Crippen LogP contribution in [0.1, 0.15) is 12.5 Å². The fourth-order valence-corrected chi connectivity index (χ4v) is 4.11. The van der Waals surface area contributed by atoms with Crippen LogP contribution in [0.15, 0.2) is 53.4 Å². The van der Waals surface area contributed by atoms with Crippen LogP contribution in [0.25, 0.3) is 0 Å². The molecule has 2 aromatic carbocycles. The number of carbonyl (C=O) groups excluding carboxylic acids is 1. The lowest BCUT2D eigenvalue weighted by Crippen LogP contribution is -2.54. The molecule has 1 saturated heterocycles. The fraction of sp³-hybridized carbons (Fsp3) is 0.278. The van der Waals surface area contributed by atoms with Gasteiger partial charge < -0.3 is 10.1 Å². The Bertz CT molecular complexity index is 894. The summed E-state index contributed by atoms with van der Waals surface area (Å²) >= 11 is 0. The summed E-state index contributed by atoms with van der Waals surface area (Å²) in [7, 11) is -3.59. The van der Waals surface area contributed by atoms with Gasteiger partial charge in [-0.3, -0.25) is 4.79 Å². The molecule has 0 bridgehead atoms. The predicted octanol–water partition coefficient (Wildman–Crippen LogP) is 2.37. The molecule has 8 heteroatoms. The van der Waals surface area contributed by atoms with E-state index in [0.29, 0.717) is 11.3 Å². The van der Waals surface area contributed by atoms with Crippen molar-refractivity contribution in [2.75, 3.05) is 18.4 Å². The summed E-state index contributed by atoms with van der Waals surface area (Å²) < 4.78 is 45.2. The van der Waals surface area contributed by atoms with Gasteiger partial charge in [0.2, 0.25) is 15.9 Å². The largest absolute Gasteiger partial charge is 0.371 e. The first kappa shape index (κ1) is 18.5.